The first-order chi connectivity index (χ1) is 12.5. The quantitative estimate of drug-likeness (QED) is 0.821. The Morgan fingerprint density at radius 1 is 1.04 bits per heavy atom. The van der Waals surface area contributed by atoms with Crippen molar-refractivity contribution in [2.45, 2.75) is 20.3 Å². The number of carbonyl (C=O) groups is 1. The summed E-state index contributed by atoms with van der Waals surface area (Å²) >= 11 is 0. The Morgan fingerprint density at radius 2 is 1.73 bits per heavy atom. The van der Waals surface area contributed by atoms with E-state index in [0.29, 0.717) is 26.1 Å². The molecular formula is C21H25FN2O2. The number of halogens is 1. The molecule has 0 spiro atoms. The minimum Gasteiger partial charge on any atom is -0.493 e. The van der Waals surface area contributed by atoms with Crippen LogP contribution in [0, 0.1) is 19.7 Å². The van der Waals surface area contributed by atoms with Crippen molar-refractivity contribution in [3.05, 3.63) is 59.4 Å². The number of nitrogens with zero attached hydrogens (tertiary/aromatic N) is 2. The predicted molar refractivity (Wildman–Crippen MR) is 101 cm³/mol. The third-order valence-electron chi connectivity index (χ3n) is 4.74. The van der Waals surface area contributed by atoms with Crippen molar-refractivity contribution in [3.63, 3.8) is 0 Å². The van der Waals surface area contributed by atoms with Gasteiger partial charge in [-0.25, -0.2) is 4.39 Å². The highest BCUT2D eigenvalue weighted by molar-refractivity contribution is 5.76. The fraction of sp³-hybridized carbons (Fsp3) is 0.381. The van der Waals surface area contributed by atoms with Crippen LogP contribution in [0.4, 0.5) is 10.1 Å². The molecule has 1 heterocycles. The standard InChI is InChI=1S/C21H25FN2O2/c1-16-3-4-17(2)20(15-16)26-14-9-21(25)24-12-10-23(11-13-24)19-7-5-18(22)6-8-19/h3-8,15H,9-14H2,1-2H3. The van der Waals surface area contributed by atoms with Gasteiger partial charge in [0.25, 0.3) is 0 Å². The van der Waals surface area contributed by atoms with Gasteiger partial charge in [0, 0.05) is 31.9 Å². The number of aryl methyl sites for hydroxylation is 2. The van der Waals surface area contributed by atoms with E-state index >= 15 is 0 Å². The summed E-state index contributed by atoms with van der Waals surface area (Å²) in [6.07, 6.45) is 0.379. The highest BCUT2D eigenvalue weighted by Crippen LogP contribution is 2.20. The Bertz CT molecular complexity index is 753. The molecule has 1 fully saturated rings. The molecule has 1 aliphatic heterocycles. The van der Waals surface area contributed by atoms with Crippen molar-refractivity contribution in [1.29, 1.82) is 0 Å². The average Bonchev–Trinajstić information content (AvgIpc) is 2.65. The second kappa shape index (κ2) is 8.21. The van der Waals surface area contributed by atoms with Gasteiger partial charge in [-0.2, -0.15) is 0 Å². The van der Waals surface area contributed by atoms with E-state index in [9.17, 15) is 9.18 Å². The fourth-order valence-electron chi connectivity index (χ4n) is 3.14. The van der Waals surface area contributed by atoms with Gasteiger partial charge in [-0.1, -0.05) is 12.1 Å². The van der Waals surface area contributed by atoms with E-state index < -0.39 is 0 Å². The summed E-state index contributed by atoms with van der Waals surface area (Å²) in [5.74, 6) is 0.736. The molecule has 5 heteroatoms. The highest BCUT2D eigenvalue weighted by Gasteiger charge is 2.21. The Kier molecular flexibility index (Phi) is 5.76. The highest BCUT2D eigenvalue weighted by atomic mass is 19.1. The molecule has 0 unspecified atom stereocenters. The molecule has 0 radical (unpaired) electrons. The van der Waals surface area contributed by atoms with Crippen molar-refractivity contribution in [2.24, 2.45) is 0 Å². The summed E-state index contributed by atoms with van der Waals surface area (Å²) in [4.78, 5) is 16.5. The zero-order valence-corrected chi connectivity index (χ0v) is 15.4. The van der Waals surface area contributed by atoms with E-state index in [2.05, 4.69) is 4.90 Å². The summed E-state index contributed by atoms with van der Waals surface area (Å²) in [5, 5.41) is 0. The molecule has 1 saturated heterocycles. The molecule has 0 bridgehead atoms. The van der Waals surface area contributed by atoms with Gasteiger partial charge in [-0.05, 0) is 55.3 Å². The zero-order chi connectivity index (χ0) is 18.5. The van der Waals surface area contributed by atoms with Crippen LogP contribution >= 0.6 is 0 Å². The van der Waals surface area contributed by atoms with Crippen LogP contribution in [0.3, 0.4) is 0 Å². The van der Waals surface area contributed by atoms with E-state index in [-0.39, 0.29) is 11.7 Å². The topological polar surface area (TPSA) is 32.8 Å². The van der Waals surface area contributed by atoms with Crippen LogP contribution < -0.4 is 9.64 Å². The van der Waals surface area contributed by atoms with Crippen molar-refractivity contribution in [2.75, 3.05) is 37.7 Å². The molecule has 1 amide bonds. The smallest absolute Gasteiger partial charge is 0.226 e. The van der Waals surface area contributed by atoms with Crippen molar-refractivity contribution in [1.82, 2.24) is 4.90 Å². The molecule has 3 rings (SSSR count). The number of ether oxygens (including phenoxy) is 1. The van der Waals surface area contributed by atoms with E-state index in [1.54, 1.807) is 12.1 Å². The van der Waals surface area contributed by atoms with Crippen molar-refractivity contribution in [3.8, 4) is 5.75 Å². The average molecular weight is 356 g/mol. The SMILES string of the molecule is Cc1ccc(C)c(OCCC(=O)N2CCN(c3ccc(F)cc3)CC2)c1. The maximum absolute atomic E-state index is 13.0. The summed E-state index contributed by atoms with van der Waals surface area (Å²) in [6, 6.07) is 12.6. The fourth-order valence-corrected chi connectivity index (χ4v) is 3.14. The van der Waals surface area contributed by atoms with E-state index in [1.807, 2.05) is 36.9 Å². The molecule has 0 aromatic heterocycles. The number of carbonyl (C=O) groups excluding carboxylic acids is 1. The number of hydrogen-bond acceptors (Lipinski definition) is 3. The van der Waals surface area contributed by atoms with Gasteiger partial charge >= 0.3 is 0 Å². The lowest BCUT2D eigenvalue weighted by atomic mass is 10.1. The van der Waals surface area contributed by atoms with Gasteiger partial charge in [0.15, 0.2) is 0 Å². The second-order valence-electron chi connectivity index (χ2n) is 6.71. The number of hydrogen-bond donors (Lipinski definition) is 0. The molecule has 1 aliphatic rings. The summed E-state index contributed by atoms with van der Waals surface area (Å²) < 4.78 is 18.8. The first kappa shape index (κ1) is 18.2. The Hall–Kier alpha value is -2.56. The molecule has 0 saturated carbocycles. The van der Waals surface area contributed by atoms with Gasteiger partial charge in [-0.15, -0.1) is 0 Å². The largest absolute Gasteiger partial charge is 0.493 e. The summed E-state index contributed by atoms with van der Waals surface area (Å²) in [7, 11) is 0. The number of piperazine rings is 1. The van der Waals surface area contributed by atoms with E-state index in [1.165, 1.54) is 12.1 Å². The van der Waals surface area contributed by atoms with Crippen LogP contribution in [0.1, 0.15) is 17.5 Å². The van der Waals surface area contributed by atoms with Gasteiger partial charge in [0.05, 0.1) is 13.0 Å². The molecule has 0 N–H and O–H groups in total. The number of anilines is 1. The lowest BCUT2D eigenvalue weighted by molar-refractivity contribution is -0.132. The van der Waals surface area contributed by atoms with E-state index in [4.69, 9.17) is 4.74 Å². The molecule has 138 valence electrons. The minimum absolute atomic E-state index is 0.120. The lowest BCUT2D eigenvalue weighted by Gasteiger charge is -2.36. The first-order valence-electron chi connectivity index (χ1n) is 9.01. The summed E-state index contributed by atoms with van der Waals surface area (Å²) in [5.41, 5.74) is 3.22. The lowest BCUT2D eigenvalue weighted by Crippen LogP contribution is -2.49. The van der Waals surface area contributed by atoms with E-state index in [0.717, 1.165) is 35.7 Å². The Balaban J connectivity index is 1.45. The van der Waals surface area contributed by atoms with Crippen molar-refractivity contribution < 1.29 is 13.9 Å². The van der Waals surface area contributed by atoms with Crippen LogP contribution in [0.2, 0.25) is 0 Å². The molecule has 0 aliphatic carbocycles. The molecular weight excluding hydrogens is 331 g/mol. The van der Waals surface area contributed by atoms with Crippen LogP contribution in [-0.4, -0.2) is 43.6 Å². The molecule has 4 nitrogen and oxygen atoms in total. The number of rotatable bonds is 5. The third-order valence-corrected chi connectivity index (χ3v) is 4.74. The maximum Gasteiger partial charge on any atom is 0.226 e. The molecule has 0 atom stereocenters. The Labute approximate surface area is 154 Å². The third kappa shape index (κ3) is 4.54. The first-order valence-corrected chi connectivity index (χ1v) is 9.01. The number of benzene rings is 2. The predicted octanol–water partition coefficient (Wildman–Crippen LogP) is 3.56. The minimum atomic E-state index is -0.230. The van der Waals surface area contributed by atoms with Crippen LogP contribution in [0.5, 0.6) is 5.75 Å². The normalized spacial score (nSPS) is 14.4. The van der Waals surface area contributed by atoms with Crippen LogP contribution in [-0.2, 0) is 4.79 Å². The van der Waals surface area contributed by atoms with Gasteiger partial charge in [-0.3, -0.25) is 4.79 Å². The molecule has 26 heavy (non-hydrogen) atoms. The summed E-state index contributed by atoms with van der Waals surface area (Å²) in [6.45, 7) is 7.30. The van der Waals surface area contributed by atoms with Crippen LogP contribution in [0.15, 0.2) is 42.5 Å². The van der Waals surface area contributed by atoms with Crippen molar-refractivity contribution >= 4 is 11.6 Å². The second-order valence-corrected chi connectivity index (χ2v) is 6.71. The van der Waals surface area contributed by atoms with Crippen LogP contribution in [0.25, 0.3) is 0 Å². The molecule has 2 aromatic rings. The molecule has 2 aromatic carbocycles. The van der Waals surface area contributed by atoms with Gasteiger partial charge in [0.1, 0.15) is 11.6 Å². The van der Waals surface area contributed by atoms with Gasteiger partial charge < -0.3 is 14.5 Å². The monoisotopic (exact) mass is 356 g/mol. The maximum atomic E-state index is 13.0. The zero-order valence-electron chi connectivity index (χ0n) is 15.4. The number of amides is 1. The Morgan fingerprint density at radius 3 is 2.42 bits per heavy atom. The van der Waals surface area contributed by atoms with Gasteiger partial charge in [0.2, 0.25) is 5.91 Å².